The number of anilines is 3. The first kappa shape index (κ1) is 19.3. The summed E-state index contributed by atoms with van der Waals surface area (Å²) < 4.78 is 0. The molecule has 0 unspecified atom stereocenters. The van der Waals surface area contributed by atoms with Crippen LogP contribution in [-0.4, -0.2) is 58.1 Å². The average molecular weight is 408 g/mol. The molecule has 0 spiro atoms. The number of aromatic amines is 1. The van der Waals surface area contributed by atoms with Crippen molar-refractivity contribution >= 4 is 28.5 Å². The van der Waals surface area contributed by atoms with Crippen molar-refractivity contribution in [3.8, 4) is 0 Å². The van der Waals surface area contributed by atoms with Crippen LogP contribution < -0.4 is 15.5 Å². The SMILES string of the molecule is CC1(CN)CCN(c2cnc3c(N4CC[C@H](CO)c5ccccc54)n[nH]c3n2)CC1. The second kappa shape index (κ2) is 7.52. The molecule has 1 aromatic carbocycles. The number of piperidine rings is 1. The Kier molecular flexibility index (Phi) is 4.83. The molecule has 3 aromatic rings. The molecule has 2 aromatic heterocycles. The van der Waals surface area contributed by atoms with E-state index < -0.39 is 0 Å². The van der Waals surface area contributed by atoms with Crippen molar-refractivity contribution in [2.24, 2.45) is 11.1 Å². The third-order valence-corrected chi connectivity index (χ3v) is 6.87. The van der Waals surface area contributed by atoms with Crippen LogP contribution in [0.2, 0.25) is 0 Å². The predicted molar refractivity (Wildman–Crippen MR) is 118 cm³/mol. The van der Waals surface area contributed by atoms with E-state index in [0.717, 1.165) is 73.8 Å². The van der Waals surface area contributed by atoms with Gasteiger partial charge in [0.05, 0.1) is 12.8 Å². The van der Waals surface area contributed by atoms with Gasteiger partial charge in [0.1, 0.15) is 5.82 Å². The molecule has 0 bridgehead atoms. The molecule has 30 heavy (non-hydrogen) atoms. The van der Waals surface area contributed by atoms with E-state index in [-0.39, 0.29) is 17.9 Å². The fourth-order valence-corrected chi connectivity index (χ4v) is 4.65. The standard InChI is InChI=1S/C22H29N7O/c1-22(14-23)7-10-28(11-8-22)18-12-24-19-20(25-18)26-27-21(19)29-9-6-15(13-30)16-4-2-3-5-17(16)29/h2-5,12,15,30H,6-11,13-14,23H2,1H3,(H,25,26,27)/t15-/m1/s1. The number of nitrogens with one attached hydrogen (secondary N) is 1. The van der Waals surface area contributed by atoms with Crippen LogP contribution in [0.4, 0.5) is 17.3 Å². The maximum atomic E-state index is 9.75. The number of nitrogens with two attached hydrogens (primary N) is 1. The zero-order valence-corrected chi connectivity index (χ0v) is 17.4. The summed E-state index contributed by atoms with van der Waals surface area (Å²) in [4.78, 5) is 14.0. The first-order valence-electron chi connectivity index (χ1n) is 10.8. The lowest BCUT2D eigenvalue weighted by Gasteiger charge is -2.39. The molecule has 8 heteroatoms. The number of aromatic nitrogens is 4. The van der Waals surface area contributed by atoms with E-state index in [1.807, 2.05) is 18.3 Å². The van der Waals surface area contributed by atoms with Gasteiger partial charge in [-0.2, -0.15) is 5.10 Å². The maximum Gasteiger partial charge on any atom is 0.183 e. The first-order chi connectivity index (χ1) is 14.6. The van der Waals surface area contributed by atoms with Gasteiger partial charge in [0.25, 0.3) is 0 Å². The van der Waals surface area contributed by atoms with Crippen molar-refractivity contribution in [1.82, 2.24) is 20.2 Å². The van der Waals surface area contributed by atoms with Crippen LogP contribution in [0.15, 0.2) is 30.5 Å². The van der Waals surface area contributed by atoms with Crippen molar-refractivity contribution in [1.29, 1.82) is 0 Å². The normalized spacial score (nSPS) is 21.1. The Labute approximate surface area is 176 Å². The van der Waals surface area contributed by atoms with Crippen LogP contribution in [0, 0.1) is 5.41 Å². The van der Waals surface area contributed by atoms with E-state index in [9.17, 15) is 5.11 Å². The Morgan fingerprint density at radius 3 is 2.80 bits per heavy atom. The minimum absolute atomic E-state index is 0.161. The number of aliphatic hydroxyl groups excluding tert-OH is 1. The van der Waals surface area contributed by atoms with Crippen LogP contribution in [0.5, 0.6) is 0 Å². The number of fused-ring (bicyclic) bond motifs is 2. The Morgan fingerprint density at radius 2 is 2.03 bits per heavy atom. The molecule has 0 saturated carbocycles. The highest BCUT2D eigenvalue weighted by atomic mass is 16.3. The molecule has 1 atom stereocenters. The molecule has 0 radical (unpaired) electrons. The highest BCUT2D eigenvalue weighted by Gasteiger charge is 2.31. The monoisotopic (exact) mass is 407 g/mol. The smallest absolute Gasteiger partial charge is 0.183 e. The summed E-state index contributed by atoms with van der Waals surface area (Å²) in [5.41, 5.74) is 9.89. The fraction of sp³-hybridized carbons (Fsp3) is 0.500. The fourth-order valence-electron chi connectivity index (χ4n) is 4.65. The molecule has 2 aliphatic heterocycles. The third-order valence-electron chi connectivity index (χ3n) is 6.87. The molecule has 2 aliphatic rings. The number of nitrogens with zero attached hydrogens (tertiary/aromatic N) is 5. The van der Waals surface area contributed by atoms with Gasteiger partial charge in [-0.05, 0) is 42.9 Å². The van der Waals surface area contributed by atoms with Crippen LogP contribution >= 0.6 is 0 Å². The number of benzene rings is 1. The minimum Gasteiger partial charge on any atom is -0.396 e. The minimum atomic E-state index is 0.161. The van der Waals surface area contributed by atoms with E-state index in [2.05, 4.69) is 39.1 Å². The topological polar surface area (TPSA) is 107 Å². The lowest BCUT2D eigenvalue weighted by atomic mass is 9.80. The zero-order valence-electron chi connectivity index (χ0n) is 17.4. The number of rotatable bonds is 4. The lowest BCUT2D eigenvalue weighted by Crippen LogP contribution is -2.42. The second-order valence-electron chi connectivity index (χ2n) is 8.85. The van der Waals surface area contributed by atoms with Crippen molar-refractivity contribution < 1.29 is 5.11 Å². The second-order valence-corrected chi connectivity index (χ2v) is 8.85. The molecular formula is C22H29N7O. The summed E-state index contributed by atoms with van der Waals surface area (Å²) in [6.45, 7) is 5.82. The van der Waals surface area contributed by atoms with Gasteiger partial charge in [-0.25, -0.2) is 9.97 Å². The number of H-pyrrole nitrogens is 1. The molecule has 1 saturated heterocycles. The van der Waals surface area contributed by atoms with Gasteiger partial charge in [-0.1, -0.05) is 25.1 Å². The number of hydrogen-bond donors (Lipinski definition) is 3. The van der Waals surface area contributed by atoms with Crippen molar-refractivity contribution in [2.75, 3.05) is 42.6 Å². The zero-order chi connectivity index (χ0) is 20.7. The summed E-state index contributed by atoms with van der Waals surface area (Å²) in [6, 6.07) is 8.22. The summed E-state index contributed by atoms with van der Waals surface area (Å²) in [5.74, 6) is 1.84. The molecular weight excluding hydrogens is 378 g/mol. The van der Waals surface area contributed by atoms with Crippen molar-refractivity contribution in [3.05, 3.63) is 36.0 Å². The van der Waals surface area contributed by atoms with Crippen LogP contribution in [0.3, 0.4) is 0 Å². The van der Waals surface area contributed by atoms with Gasteiger partial charge in [-0.3, -0.25) is 5.10 Å². The maximum absolute atomic E-state index is 9.75. The summed E-state index contributed by atoms with van der Waals surface area (Å²) in [7, 11) is 0. The van der Waals surface area contributed by atoms with E-state index >= 15 is 0 Å². The van der Waals surface area contributed by atoms with E-state index in [0.29, 0.717) is 5.65 Å². The molecule has 4 N–H and O–H groups in total. The summed E-state index contributed by atoms with van der Waals surface area (Å²) in [6.07, 6.45) is 4.86. The van der Waals surface area contributed by atoms with Crippen molar-refractivity contribution in [2.45, 2.75) is 32.1 Å². The predicted octanol–water partition coefficient (Wildman–Crippen LogP) is 2.54. The van der Waals surface area contributed by atoms with Crippen molar-refractivity contribution in [3.63, 3.8) is 0 Å². The number of hydrogen-bond acceptors (Lipinski definition) is 7. The average Bonchev–Trinajstić information content (AvgIpc) is 3.22. The quantitative estimate of drug-likeness (QED) is 0.610. The lowest BCUT2D eigenvalue weighted by molar-refractivity contribution is 0.258. The van der Waals surface area contributed by atoms with E-state index in [4.69, 9.17) is 15.7 Å². The van der Waals surface area contributed by atoms with Crippen LogP contribution in [-0.2, 0) is 0 Å². The molecule has 0 amide bonds. The van der Waals surface area contributed by atoms with Gasteiger partial charge in [-0.15, -0.1) is 0 Å². The number of para-hydroxylation sites is 1. The Balaban J connectivity index is 1.44. The first-order valence-corrected chi connectivity index (χ1v) is 10.8. The van der Waals surface area contributed by atoms with Gasteiger partial charge >= 0.3 is 0 Å². The van der Waals surface area contributed by atoms with E-state index in [1.165, 1.54) is 0 Å². The third kappa shape index (κ3) is 3.20. The molecule has 8 nitrogen and oxygen atoms in total. The Morgan fingerprint density at radius 1 is 1.23 bits per heavy atom. The van der Waals surface area contributed by atoms with Gasteiger partial charge in [0.15, 0.2) is 17.0 Å². The molecule has 4 heterocycles. The van der Waals surface area contributed by atoms with Gasteiger partial charge in [0, 0.05) is 31.2 Å². The van der Waals surface area contributed by atoms with Gasteiger partial charge in [0.2, 0.25) is 0 Å². The summed E-state index contributed by atoms with van der Waals surface area (Å²) >= 11 is 0. The summed E-state index contributed by atoms with van der Waals surface area (Å²) in [5, 5.41) is 17.4. The largest absolute Gasteiger partial charge is 0.396 e. The van der Waals surface area contributed by atoms with Crippen LogP contribution in [0.25, 0.3) is 11.2 Å². The van der Waals surface area contributed by atoms with Crippen LogP contribution in [0.1, 0.15) is 37.7 Å². The Bertz CT molecular complexity index is 1040. The highest BCUT2D eigenvalue weighted by Crippen LogP contribution is 2.40. The Hall–Kier alpha value is -2.71. The molecule has 5 rings (SSSR count). The molecule has 0 aliphatic carbocycles. The van der Waals surface area contributed by atoms with E-state index in [1.54, 1.807) is 0 Å². The molecule has 1 fully saturated rings. The molecule has 158 valence electrons. The highest BCUT2D eigenvalue weighted by molar-refractivity contribution is 5.87. The number of aliphatic hydroxyl groups is 1. The van der Waals surface area contributed by atoms with Gasteiger partial charge < -0.3 is 20.6 Å².